The molecule has 0 saturated carbocycles. The molecule has 1 aromatic heterocycles. The first-order valence-corrected chi connectivity index (χ1v) is 6.53. The van der Waals surface area contributed by atoms with Crippen molar-refractivity contribution in [1.82, 2.24) is 14.8 Å². The van der Waals surface area contributed by atoms with Crippen molar-refractivity contribution in [1.29, 1.82) is 0 Å². The number of carbonyl (C=O) groups excluding carboxylic acids is 1. The van der Waals surface area contributed by atoms with Gasteiger partial charge in [-0.25, -0.2) is 9.37 Å². The molecule has 0 radical (unpaired) electrons. The SMILES string of the molecule is O=C(c1cnc(Cl)c(F)c1)N1CCN(CC(F)(F)F)CC1. The summed E-state index contributed by atoms with van der Waals surface area (Å²) in [5.74, 6) is -1.28. The topological polar surface area (TPSA) is 36.4 Å². The fourth-order valence-corrected chi connectivity index (χ4v) is 2.19. The van der Waals surface area contributed by atoms with Crippen molar-refractivity contribution in [2.75, 3.05) is 32.7 Å². The van der Waals surface area contributed by atoms with Crippen LogP contribution in [0.25, 0.3) is 0 Å². The Labute approximate surface area is 123 Å². The van der Waals surface area contributed by atoms with Crippen molar-refractivity contribution in [3.05, 3.63) is 28.8 Å². The summed E-state index contributed by atoms with van der Waals surface area (Å²) < 4.78 is 50.0. The Balaban J connectivity index is 1.95. The lowest BCUT2D eigenvalue weighted by Crippen LogP contribution is -2.50. The Hall–Kier alpha value is -1.41. The number of amides is 1. The largest absolute Gasteiger partial charge is 0.401 e. The minimum absolute atomic E-state index is 0.0289. The van der Waals surface area contributed by atoms with E-state index in [-0.39, 0.29) is 36.9 Å². The van der Waals surface area contributed by atoms with Crippen LogP contribution in [0.15, 0.2) is 12.3 Å². The third-order valence-electron chi connectivity index (χ3n) is 3.11. The van der Waals surface area contributed by atoms with Crippen LogP contribution in [0.4, 0.5) is 17.6 Å². The summed E-state index contributed by atoms with van der Waals surface area (Å²) in [6.07, 6.45) is -3.11. The highest BCUT2D eigenvalue weighted by molar-refractivity contribution is 6.29. The molecular weight excluding hydrogens is 314 g/mol. The molecule has 0 spiro atoms. The predicted molar refractivity (Wildman–Crippen MR) is 67.6 cm³/mol. The fourth-order valence-electron chi connectivity index (χ4n) is 2.08. The van der Waals surface area contributed by atoms with Gasteiger partial charge in [-0.15, -0.1) is 0 Å². The number of hydrogen-bond donors (Lipinski definition) is 0. The third-order valence-corrected chi connectivity index (χ3v) is 3.38. The highest BCUT2D eigenvalue weighted by Crippen LogP contribution is 2.18. The van der Waals surface area contributed by atoms with Crippen molar-refractivity contribution >= 4 is 17.5 Å². The van der Waals surface area contributed by atoms with E-state index in [1.807, 2.05) is 0 Å². The normalized spacial score (nSPS) is 17.1. The monoisotopic (exact) mass is 325 g/mol. The number of piperazine rings is 1. The van der Waals surface area contributed by atoms with Crippen molar-refractivity contribution in [2.24, 2.45) is 0 Å². The molecule has 1 aliphatic rings. The van der Waals surface area contributed by atoms with E-state index in [2.05, 4.69) is 4.98 Å². The number of alkyl halides is 3. The van der Waals surface area contributed by atoms with E-state index in [0.29, 0.717) is 0 Å². The molecule has 0 aliphatic carbocycles. The predicted octanol–water partition coefficient (Wildman–Crippen LogP) is 2.19. The lowest BCUT2D eigenvalue weighted by Gasteiger charge is -2.35. The number of carbonyl (C=O) groups is 1. The van der Waals surface area contributed by atoms with Crippen LogP contribution in [-0.2, 0) is 0 Å². The average Bonchev–Trinajstić information content (AvgIpc) is 2.40. The lowest BCUT2D eigenvalue weighted by atomic mass is 10.2. The zero-order valence-corrected chi connectivity index (χ0v) is 11.6. The molecule has 0 unspecified atom stereocenters. The first-order valence-electron chi connectivity index (χ1n) is 6.16. The molecule has 0 bridgehead atoms. The number of pyridine rings is 1. The van der Waals surface area contributed by atoms with Crippen LogP contribution in [-0.4, -0.2) is 59.6 Å². The number of hydrogen-bond acceptors (Lipinski definition) is 3. The van der Waals surface area contributed by atoms with Crippen LogP contribution in [0.5, 0.6) is 0 Å². The maximum absolute atomic E-state index is 13.3. The van der Waals surface area contributed by atoms with Gasteiger partial charge in [-0.05, 0) is 6.07 Å². The number of nitrogens with zero attached hydrogens (tertiary/aromatic N) is 3. The first-order chi connectivity index (χ1) is 9.76. The van der Waals surface area contributed by atoms with Gasteiger partial charge in [0, 0.05) is 32.4 Å². The summed E-state index contributed by atoms with van der Waals surface area (Å²) in [7, 11) is 0. The van der Waals surface area contributed by atoms with Gasteiger partial charge in [0.15, 0.2) is 11.0 Å². The summed E-state index contributed by atoms with van der Waals surface area (Å²) in [4.78, 5) is 18.2. The minimum atomic E-state index is -4.25. The molecule has 4 nitrogen and oxygen atoms in total. The van der Waals surface area contributed by atoms with Crippen LogP contribution in [0, 0.1) is 5.82 Å². The van der Waals surface area contributed by atoms with Gasteiger partial charge in [0.25, 0.3) is 5.91 Å². The molecule has 1 fully saturated rings. The van der Waals surface area contributed by atoms with E-state index in [1.165, 1.54) is 9.80 Å². The quantitative estimate of drug-likeness (QED) is 0.618. The van der Waals surface area contributed by atoms with Crippen molar-refractivity contribution in [2.45, 2.75) is 6.18 Å². The van der Waals surface area contributed by atoms with Gasteiger partial charge in [-0.3, -0.25) is 9.69 Å². The summed E-state index contributed by atoms with van der Waals surface area (Å²) in [5.41, 5.74) is 0.0289. The van der Waals surface area contributed by atoms with Crippen LogP contribution in [0.1, 0.15) is 10.4 Å². The van der Waals surface area contributed by atoms with E-state index in [0.717, 1.165) is 12.3 Å². The van der Waals surface area contributed by atoms with E-state index in [1.54, 1.807) is 0 Å². The van der Waals surface area contributed by atoms with Gasteiger partial charge in [-0.1, -0.05) is 11.6 Å². The fraction of sp³-hybridized carbons (Fsp3) is 0.500. The summed E-state index contributed by atoms with van der Waals surface area (Å²) >= 11 is 5.43. The maximum atomic E-state index is 13.3. The van der Waals surface area contributed by atoms with Gasteiger partial charge in [0.05, 0.1) is 12.1 Å². The third kappa shape index (κ3) is 4.28. The number of rotatable bonds is 2. The van der Waals surface area contributed by atoms with E-state index < -0.39 is 24.4 Å². The van der Waals surface area contributed by atoms with Gasteiger partial charge in [0.2, 0.25) is 0 Å². The van der Waals surface area contributed by atoms with E-state index >= 15 is 0 Å². The molecule has 9 heteroatoms. The van der Waals surface area contributed by atoms with Crippen LogP contribution in [0.3, 0.4) is 0 Å². The molecular formula is C12H12ClF4N3O. The Morgan fingerprint density at radius 3 is 2.43 bits per heavy atom. The lowest BCUT2D eigenvalue weighted by molar-refractivity contribution is -0.148. The molecule has 0 atom stereocenters. The Kier molecular flexibility index (Phi) is 4.67. The molecule has 116 valence electrons. The zero-order valence-electron chi connectivity index (χ0n) is 10.8. The van der Waals surface area contributed by atoms with Crippen molar-refractivity contribution in [3.63, 3.8) is 0 Å². The smallest absolute Gasteiger partial charge is 0.336 e. The molecule has 21 heavy (non-hydrogen) atoms. The van der Waals surface area contributed by atoms with Gasteiger partial charge in [0.1, 0.15) is 0 Å². The summed E-state index contributed by atoms with van der Waals surface area (Å²) in [6, 6.07) is 0.972. The zero-order chi connectivity index (χ0) is 15.6. The highest BCUT2D eigenvalue weighted by atomic mass is 35.5. The Morgan fingerprint density at radius 2 is 1.90 bits per heavy atom. The minimum Gasteiger partial charge on any atom is -0.336 e. The molecule has 1 saturated heterocycles. The van der Waals surface area contributed by atoms with Crippen LogP contribution in [0.2, 0.25) is 5.15 Å². The number of aromatic nitrogens is 1. The van der Waals surface area contributed by atoms with Gasteiger partial charge in [-0.2, -0.15) is 13.2 Å². The Morgan fingerprint density at radius 1 is 1.29 bits per heavy atom. The van der Waals surface area contributed by atoms with Crippen molar-refractivity contribution < 1.29 is 22.4 Å². The van der Waals surface area contributed by atoms with Gasteiger partial charge >= 0.3 is 6.18 Å². The van der Waals surface area contributed by atoms with Crippen molar-refractivity contribution in [3.8, 4) is 0 Å². The molecule has 2 rings (SSSR count). The average molecular weight is 326 g/mol. The maximum Gasteiger partial charge on any atom is 0.401 e. The Bertz CT molecular complexity index is 530. The number of halogens is 5. The second-order valence-electron chi connectivity index (χ2n) is 4.68. The van der Waals surface area contributed by atoms with E-state index in [4.69, 9.17) is 11.6 Å². The molecule has 0 N–H and O–H groups in total. The molecule has 1 aromatic rings. The molecule has 1 amide bonds. The van der Waals surface area contributed by atoms with E-state index in [9.17, 15) is 22.4 Å². The molecule has 2 heterocycles. The van der Waals surface area contributed by atoms with Crippen LogP contribution < -0.4 is 0 Å². The molecule has 1 aliphatic heterocycles. The summed E-state index contributed by atoms with van der Waals surface area (Å²) in [5, 5.41) is -0.332. The first kappa shape index (κ1) is 16.0. The van der Waals surface area contributed by atoms with Gasteiger partial charge < -0.3 is 4.90 Å². The second kappa shape index (κ2) is 6.15. The standard InChI is InChI=1S/C12H12ClF4N3O/c13-10-9(14)5-8(6-18-10)11(21)20-3-1-19(2-4-20)7-12(15,16)17/h5-6H,1-4,7H2. The highest BCUT2D eigenvalue weighted by Gasteiger charge is 2.33. The van der Waals surface area contributed by atoms with Crippen LogP contribution >= 0.6 is 11.6 Å². The second-order valence-corrected chi connectivity index (χ2v) is 5.04. The molecule has 0 aromatic carbocycles. The summed E-state index contributed by atoms with van der Waals surface area (Å²) in [6.45, 7) is -0.450.